The molecule has 4 nitrogen and oxygen atoms in total. The summed E-state index contributed by atoms with van der Waals surface area (Å²) in [5, 5.41) is 3.27. The molecule has 0 bridgehead atoms. The predicted molar refractivity (Wildman–Crippen MR) is 69.9 cm³/mol. The highest BCUT2D eigenvalue weighted by molar-refractivity contribution is 14.1. The topological polar surface area (TPSA) is 59.3 Å². The highest BCUT2D eigenvalue weighted by Crippen LogP contribution is 2.23. The highest BCUT2D eigenvalue weighted by atomic mass is 127. The summed E-state index contributed by atoms with van der Waals surface area (Å²) in [5.41, 5.74) is -0.308. The molecule has 0 radical (unpaired) electrons. The lowest BCUT2D eigenvalue weighted by molar-refractivity contribution is 0.364. The van der Waals surface area contributed by atoms with Crippen LogP contribution in [0.3, 0.4) is 0 Å². The van der Waals surface area contributed by atoms with Crippen molar-refractivity contribution < 1.29 is 12.8 Å². The summed E-state index contributed by atoms with van der Waals surface area (Å²) in [7, 11) is -2.85. The number of hydrogen-bond acceptors (Lipinski definition) is 4. The Bertz CT molecular complexity index is 482. The number of rotatable bonds is 3. The third kappa shape index (κ3) is 2.98. The minimum Gasteiger partial charge on any atom is -0.454 e. The molecule has 1 aromatic rings. The molecular formula is C10H14INO3S. The zero-order valence-electron chi connectivity index (χ0n) is 8.99. The van der Waals surface area contributed by atoms with Crippen LogP contribution in [0.2, 0.25) is 0 Å². The first-order valence-corrected chi connectivity index (χ1v) is 7.98. The molecular weight excluding hydrogens is 341 g/mol. The number of sulfone groups is 1. The maximum absolute atomic E-state index is 11.4. The zero-order chi connectivity index (χ0) is 11.8. The van der Waals surface area contributed by atoms with Crippen molar-refractivity contribution in [2.24, 2.45) is 0 Å². The van der Waals surface area contributed by atoms with Crippen molar-refractivity contribution in [2.45, 2.75) is 25.4 Å². The standard InChI is InChI=1S/C10H14INO3S/c1-10(4-5-16(13,14)7-10)12-6-8-2-3-9(11)15-8/h2-3,12H,4-7H2,1H3. The molecule has 0 aliphatic carbocycles. The van der Waals surface area contributed by atoms with Gasteiger partial charge in [0.2, 0.25) is 0 Å². The molecule has 0 aromatic carbocycles. The Hall–Kier alpha value is -0.0800. The van der Waals surface area contributed by atoms with Gasteiger partial charge in [0, 0.05) is 5.54 Å². The largest absolute Gasteiger partial charge is 0.454 e. The SMILES string of the molecule is CC1(NCc2ccc(I)o2)CCS(=O)(=O)C1. The Morgan fingerprint density at radius 3 is 2.81 bits per heavy atom. The van der Waals surface area contributed by atoms with E-state index >= 15 is 0 Å². The molecule has 2 rings (SSSR count). The van der Waals surface area contributed by atoms with Crippen LogP contribution < -0.4 is 5.32 Å². The van der Waals surface area contributed by atoms with E-state index in [9.17, 15) is 8.42 Å². The van der Waals surface area contributed by atoms with Crippen molar-refractivity contribution in [3.63, 3.8) is 0 Å². The molecule has 90 valence electrons. The van der Waals surface area contributed by atoms with Crippen molar-refractivity contribution in [3.05, 3.63) is 21.7 Å². The summed E-state index contributed by atoms with van der Waals surface area (Å²) in [4.78, 5) is 0. The molecule has 0 amide bonds. The first kappa shape index (κ1) is 12.4. The Kier molecular flexibility index (Phi) is 3.33. The molecule has 1 saturated heterocycles. The quantitative estimate of drug-likeness (QED) is 0.836. The van der Waals surface area contributed by atoms with Gasteiger partial charge in [-0.2, -0.15) is 0 Å². The maximum atomic E-state index is 11.4. The van der Waals surface area contributed by atoms with Gasteiger partial charge in [0.15, 0.2) is 13.6 Å². The van der Waals surface area contributed by atoms with Crippen LogP contribution in [0.4, 0.5) is 0 Å². The third-order valence-corrected chi connectivity index (χ3v) is 5.30. The fraction of sp³-hybridized carbons (Fsp3) is 0.600. The molecule has 2 heterocycles. The average molecular weight is 355 g/mol. The van der Waals surface area contributed by atoms with Gasteiger partial charge in [0.05, 0.1) is 18.1 Å². The minimum absolute atomic E-state index is 0.220. The van der Waals surface area contributed by atoms with E-state index in [0.29, 0.717) is 13.0 Å². The van der Waals surface area contributed by atoms with E-state index in [0.717, 1.165) is 9.53 Å². The second kappa shape index (κ2) is 4.30. The summed E-state index contributed by atoms with van der Waals surface area (Å²) >= 11 is 2.11. The molecule has 1 aliphatic rings. The van der Waals surface area contributed by atoms with Crippen LogP contribution in [-0.2, 0) is 16.4 Å². The Morgan fingerprint density at radius 1 is 1.56 bits per heavy atom. The summed E-state index contributed by atoms with van der Waals surface area (Å²) in [6.45, 7) is 2.53. The number of nitrogens with one attached hydrogen (secondary N) is 1. The molecule has 1 aromatic heterocycles. The number of halogens is 1. The van der Waals surface area contributed by atoms with Crippen LogP contribution >= 0.6 is 22.6 Å². The normalized spacial score (nSPS) is 28.4. The highest BCUT2D eigenvalue weighted by Gasteiger charge is 2.37. The fourth-order valence-corrected chi connectivity index (χ4v) is 4.48. The van der Waals surface area contributed by atoms with Crippen molar-refractivity contribution >= 4 is 32.4 Å². The van der Waals surface area contributed by atoms with E-state index in [1.165, 1.54) is 0 Å². The van der Waals surface area contributed by atoms with Gasteiger partial charge in [0.25, 0.3) is 0 Å². The fourth-order valence-electron chi connectivity index (χ4n) is 1.90. The van der Waals surface area contributed by atoms with Crippen LogP contribution in [0.5, 0.6) is 0 Å². The second-order valence-electron chi connectivity index (χ2n) is 4.46. The minimum atomic E-state index is -2.85. The number of furan rings is 1. The molecule has 16 heavy (non-hydrogen) atoms. The van der Waals surface area contributed by atoms with E-state index in [2.05, 4.69) is 27.9 Å². The molecule has 1 atom stereocenters. The first-order valence-electron chi connectivity index (χ1n) is 5.08. The van der Waals surface area contributed by atoms with Crippen LogP contribution in [0.1, 0.15) is 19.1 Å². The lowest BCUT2D eigenvalue weighted by atomic mass is 10.0. The van der Waals surface area contributed by atoms with Crippen molar-refractivity contribution in [2.75, 3.05) is 11.5 Å². The summed E-state index contributed by atoms with van der Waals surface area (Å²) in [6, 6.07) is 3.80. The van der Waals surface area contributed by atoms with Gasteiger partial charge in [0.1, 0.15) is 5.76 Å². The monoisotopic (exact) mass is 355 g/mol. The van der Waals surface area contributed by atoms with Gasteiger partial charge in [-0.1, -0.05) is 0 Å². The lowest BCUT2D eigenvalue weighted by Crippen LogP contribution is -2.42. The first-order chi connectivity index (χ1) is 7.39. The maximum Gasteiger partial charge on any atom is 0.164 e. The van der Waals surface area contributed by atoms with Crippen LogP contribution in [0, 0.1) is 3.77 Å². The van der Waals surface area contributed by atoms with Crippen molar-refractivity contribution in [1.29, 1.82) is 0 Å². The molecule has 1 aliphatic heterocycles. The van der Waals surface area contributed by atoms with Gasteiger partial charge < -0.3 is 9.73 Å². The van der Waals surface area contributed by atoms with Gasteiger partial charge in [-0.15, -0.1) is 0 Å². The van der Waals surface area contributed by atoms with Gasteiger partial charge in [-0.25, -0.2) is 8.42 Å². The summed E-state index contributed by atoms with van der Waals surface area (Å²) in [5.74, 6) is 1.35. The number of hydrogen-bond donors (Lipinski definition) is 1. The lowest BCUT2D eigenvalue weighted by Gasteiger charge is -2.23. The summed E-state index contributed by atoms with van der Waals surface area (Å²) in [6.07, 6.45) is 0.674. The van der Waals surface area contributed by atoms with Gasteiger partial charge >= 0.3 is 0 Å². The van der Waals surface area contributed by atoms with E-state index in [4.69, 9.17) is 4.42 Å². The van der Waals surface area contributed by atoms with Gasteiger partial charge in [-0.3, -0.25) is 0 Å². The van der Waals surface area contributed by atoms with E-state index in [1.807, 2.05) is 19.1 Å². The Morgan fingerprint density at radius 2 is 2.31 bits per heavy atom. The van der Waals surface area contributed by atoms with E-state index < -0.39 is 9.84 Å². The van der Waals surface area contributed by atoms with Gasteiger partial charge in [-0.05, 0) is 48.1 Å². The molecule has 6 heteroatoms. The van der Waals surface area contributed by atoms with Crippen LogP contribution in [0.15, 0.2) is 16.5 Å². The Labute approximate surface area is 109 Å². The van der Waals surface area contributed by atoms with Crippen molar-refractivity contribution in [3.8, 4) is 0 Å². The molecule has 0 saturated carbocycles. The molecule has 1 N–H and O–H groups in total. The third-order valence-electron chi connectivity index (χ3n) is 2.82. The van der Waals surface area contributed by atoms with Crippen molar-refractivity contribution in [1.82, 2.24) is 5.32 Å². The zero-order valence-corrected chi connectivity index (χ0v) is 12.0. The molecule has 1 unspecified atom stereocenters. The predicted octanol–water partition coefficient (Wildman–Crippen LogP) is 1.55. The average Bonchev–Trinajstić information content (AvgIpc) is 2.69. The summed E-state index contributed by atoms with van der Waals surface area (Å²) < 4.78 is 29.1. The Balaban J connectivity index is 1.96. The smallest absolute Gasteiger partial charge is 0.164 e. The van der Waals surface area contributed by atoms with E-state index in [1.54, 1.807) is 0 Å². The molecule has 1 fully saturated rings. The second-order valence-corrected chi connectivity index (χ2v) is 7.71. The van der Waals surface area contributed by atoms with Crippen LogP contribution in [0.25, 0.3) is 0 Å². The molecule has 0 spiro atoms. The van der Waals surface area contributed by atoms with E-state index in [-0.39, 0.29) is 17.0 Å². The van der Waals surface area contributed by atoms with Crippen LogP contribution in [-0.4, -0.2) is 25.5 Å².